The smallest absolute Gasteiger partial charge is 0.214 e. The molecule has 2 aromatic rings. The molecule has 8 heteroatoms. The molecular weight excluding hydrogens is 324 g/mol. The van der Waals surface area contributed by atoms with E-state index in [1.54, 1.807) is 10.9 Å². The number of nitrogens with zero attached hydrogens (tertiary/aromatic N) is 3. The summed E-state index contributed by atoms with van der Waals surface area (Å²) in [6.45, 7) is 2.15. The predicted octanol–water partition coefficient (Wildman–Crippen LogP) is 2.12. The molecule has 1 aliphatic rings. The van der Waals surface area contributed by atoms with E-state index in [0.717, 1.165) is 18.4 Å². The van der Waals surface area contributed by atoms with Crippen LogP contribution in [0.15, 0.2) is 30.5 Å². The third kappa shape index (κ3) is 3.48. The van der Waals surface area contributed by atoms with Crippen molar-refractivity contribution in [2.24, 2.45) is 0 Å². The predicted molar refractivity (Wildman–Crippen MR) is 84.1 cm³/mol. The Kier molecular flexibility index (Phi) is 4.20. The van der Waals surface area contributed by atoms with Crippen LogP contribution in [-0.4, -0.2) is 28.7 Å². The van der Waals surface area contributed by atoms with Crippen LogP contribution in [0.1, 0.15) is 37.1 Å². The Labute approximate surface area is 134 Å². The summed E-state index contributed by atoms with van der Waals surface area (Å²) in [5, 5.41) is 8.53. The molecule has 0 spiro atoms. The lowest BCUT2D eigenvalue weighted by atomic mass is 10.1. The van der Waals surface area contributed by atoms with Gasteiger partial charge in [0.25, 0.3) is 0 Å². The van der Waals surface area contributed by atoms with Gasteiger partial charge in [-0.05, 0) is 37.5 Å². The SMILES string of the molecule is CC(c1cccc(Cl)c1)n1cc(CNS(=O)(=O)C2CC2)nn1. The fourth-order valence-corrected chi connectivity index (χ4v) is 3.71. The Morgan fingerprint density at radius 2 is 2.23 bits per heavy atom. The number of rotatable bonds is 6. The molecule has 1 fully saturated rings. The minimum absolute atomic E-state index is 0.0278. The third-order valence-electron chi connectivity index (χ3n) is 3.70. The molecule has 1 unspecified atom stereocenters. The number of benzene rings is 1. The van der Waals surface area contributed by atoms with Crippen LogP contribution in [0.5, 0.6) is 0 Å². The Morgan fingerprint density at radius 3 is 2.91 bits per heavy atom. The molecule has 118 valence electrons. The van der Waals surface area contributed by atoms with E-state index in [1.807, 2.05) is 31.2 Å². The second kappa shape index (κ2) is 5.98. The van der Waals surface area contributed by atoms with Crippen molar-refractivity contribution < 1.29 is 8.42 Å². The average molecular weight is 341 g/mol. The average Bonchev–Trinajstić information content (AvgIpc) is 3.25. The molecule has 0 bridgehead atoms. The van der Waals surface area contributed by atoms with E-state index in [0.29, 0.717) is 10.7 Å². The summed E-state index contributed by atoms with van der Waals surface area (Å²) in [5.74, 6) is 0. The first-order chi connectivity index (χ1) is 10.5. The van der Waals surface area contributed by atoms with Crippen LogP contribution in [0.25, 0.3) is 0 Å². The van der Waals surface area contributed by atoms with Crippen molar-refractivity contribution in [2.45, 2.75) is 37.6 Å². The number of sulfonamides is 1. The van der Waals surface area contributed by atoms with Crippen molar-refractivity contribution in [1.82, 2.24) is 19.7 Å². The zero-order valence-electron chi connectivity index (χ0n) is 12.1. The van der Waals surface area contributed by atoms with Gasteiger partial charge in [-0.3, -0.25) is 0 Å². The molecule has 0 saturated heterocycles. The first-order valence-corrected chi connectivity index (χ1v) is 9.03. The van der Waals surface area contributed by atoms with Gasteiger partial charge < -0.3 is 0 Å². The normalized spacial score (nSPS) is 16.6. The molecule has 22 heavy (non-hydrogen) atoms. The van der Waals surface area contributed by atoms with E-state index in [-0.39, 0.29) is 17.8 Å². The molecule has 1 aliphatic carbocycles. The standard InChI is InChI=1S/C14H17ClN4O2S/c1-10(11-3-2-4-12(15)7-11)19-9-13(17-18-19)8-16-22(20,21)14-5-6-14/h2-4,7,9-10,14,16H,5-6,8H2,1H3. The minimum Gasteiger partial charge on any atom is -0.245 e. The van der Waals surface area contributed by atoms with Crippen LogP contribution < -0.4 is 4.72 Å². The zero-order chi connectivity index (χ0) is 15.7. The van der Waals surface area contributed by atoms with E-state index in [2.05, 4.69) is 15.0 Å². The topological polar surface area (TPSA) is 76.9 Å². The Balaban J connectivity index is 1.68. The van der Waals surface area contributed by atoms with Crippen molar-refractivity contribution in [3.63, 3.8) is 0 Å². The lowest BCUT2D eigenvalue weighted by molar-refractivity contribution is 0.543. The van der Waals surface area contributed by atoms with E-state index in [4.69, 9.17) is 11.6 Å². The van der Waals surface area contributed by atoms with Gasteiger partial charge in [-0.25, -0.2) is 17.8 Å². The number of aromatic nitrogens is 3. The van der Waals surface area contributed by atoms with Crippen molar-refractivity contribution in [3.05, 3.63) is 46.7 Å². The number of halogens is 1. The lowest BCUT2D eigenvalue weighted by Gasteiger charge is -2.11. The van der Waals surface area contributed by atoms with Gasteiger partial charge in [-0.15, -0.1) is 5.10 Å². The zero-order valence-corrected chi connectivity index (χ0v) is 13.7. The van der Waals surface area contributed by atoms with Crippen LogP contribution in [-0.2, 0) is 16.6 Å². The van der Waals surface area contributed by atoms with Crippen molar-refractivity contribution in [3.8, 4) is 0 Å². The second-order valence-corrected chi connectivity index (χ2v) is 7.97. The molecule has 0 aliphatic heterocycles. The van der Waals surface area contributed by atoms with Gasteiger partial charge in [0.1, 0.15) is 0 Å². The first kappa shape index (κ1) is 15.5. The van der Waals surface area contributed by atoms with E-state index >= 15 is 0 Å². The highest BCUT2D eigenvalue weighted by Crippen LogP contribution is 2.27. The van der Waals surface area contributed by atoms with Gasteiger partial charge in [-0.1, -0.05) is 28.9 Å². The van der Waals surface area contributed by atoms with Crippen LogP contribution in [0.4, 0.5) is 0 Å². The van der Waals surface area contributed by atoms with Crippen molar-refractivity contribution >= 4 is 21.6 Å². The summed E-state index contributed by atoms with van der Waals surface area (Å²) in [5.41, 5.74) is 1.61. The van der Waals surface area contributed by atoms with E-state index in [1.165, 1.54) is 0 Å². The molecular formula is C14H17ClN4O2S. The molecule has 1 N–H and O–H groups in total. The third-order valence-corrected chi connectivity index (χ3v) is 5.83. The summed E-state index contributed by atoms with van der Waals surface area (Å²) >= 11 is 6.00. The second-order valence-electron chi connectivity index (χ2n) is 5.49. The van der Waals surface area contributed by atoms with Crippen LogP contribution in [0, 0.1) is 0 Å². The minimum atomic E-state index is -3.20. The van der Waals surface area contributed by atoms with Crippen molar-refractivity contribution in [2.75, 3.05) is 0 Å². The quantitative estimate of drug-likeness (QED) is 0.873. The van der Waals surface area contributed by atoms with Crippen molar-refractivity contribution in [1.29, 1.82) is 0 Å². The van der Waals surface area contributed by atoms with E-state index < -0.39 is 10.0 Å². The molecule has 1 heterocycles. The van der Waals surface area contributed by atoms with Gasteiger partial charge in [-0.2, -0.15) is 0 Å². The maximum Gasteiger partial charge on any atom is 0.214 e. The van der Waals surface area contributed by atoms with Gasteiger partial charge in [0.15, 0.2) is 0 Å². The Bertz CT molecular complexity index is 771. The highest BCUT2D eigenvalue weighted by molar-refractivity contribution is 7.90. The van der Waals surface area contributed by atoms with Gasteiger partial charge >= 0.3 is 0 Å². The molecule has 6 nitrogen and oxygen atoms in total. The molecule has 1 aromatic heterocycles. The maximum atomic E-state index is 11.8. The monoisotopic (exact) mass is 340 g/mol. The van der Waals surface area contributed by atoms with Crippen LogP contribution >= 0.6 is 11.6 Å². The van der Waals surface area contributed by atoms with E-state index in [9.17, 15) is 8.42 Å². The summed E-state index contributed by atoms with van der Waals surface area (Å²) in [6.07, 6.45) is 3.24. The molecule has 0 radical (unpaired) electrons. The van der Waals surface area contributed by atoms with Gasteiger partial charge in [0, 0.05) is 5.02 Å². The molecule has 0 amide bonds. The van der Waals surface area contributed by atoms with Crippen LogP contribution in [0.3, 0.4) is 0 Å². The maximum absolute atomic E-state index is 11.8. The largest absolute Gasteiger partial charge is 0.245 e. The Morgan fingerprint density at radius 1 is 1.45 bits per heavy atom. The highest BCUT2D eigenvalue weighted by Gasteiger charge is 2.35. The van der Waals surface area contributed by atoms with Gasteiger partial charge in [0.2, 0.25) is 10.0 Å². The lowest BCUT2D eigenvalue weighted by Crippen LogP contribution is -2.26. The number of hydrogen-bond acceptors (Lipinski definition) is 4. The molecule has 1 saturated carbocycles. The molecule has 3 rings (SSSR count). The molecule has 1 aromatic carbocycles. The summed E-state index contributed by atoms with van der Waals surface area (Å²) in [6, 6.07) is 7.52. The number of hydrogen-bond donors (Lipinski definition) is 1. The summed E-state index contributed by atoms with van der Waals surface area (Å²) in [7, 11) is -3.20. The first-order valence-electron chi connectivity index (χ1n) is 7.10. The van der Waals surface area contributed by atoms with Crippen LogP contribution in [0.2, 0.25) is 5.02 Å². The fourth-order valence-electron chi connectivity index (χ4n) is 2.17. The fraction of sp³-hybridized carbons (Fsp3) is 0.429. The number of nitrogens with one attached hydrogen (secondary N) is 1. The summed E-state index contributed by atoms with van der Waals surface area (Å²) in [4.78, 5) is 0. The molecule has 1 atom stereocenters. The summed E-state index contributed by atoms with van der Waals surface area (Å²) < 4.78 is 27.8. The highest BCUT2D eigenvalue weighted by atomic mass is 35.5. The Hall–Kier alpha value is -1.44. The van der Waals surface area contributed by atoms with Gasteiger partial charge in [0.05, 0.1) is 29.7 Å².